The zero-order valence-electron chi connectivity index (χ0n) is 15.8. The Morgan fingerprint density at radius 3 is 2.89 bits per heavy atom. The fraction of sp³-hybridized carbons (Fsp3) is 0.421. The topological polar surface area (TPSA) is 113 Å². The molecule has 0 aliphatic carbocycles. The Bertz CT molecular complexity index is 901. The average Bonchev–Trinajstić information content (AvgIpc) is 3.25. The monoisotopic (exact) mass is 382 g/mol. The first-order valence-electron chi connectivity index (χ1n) is 9.13. The van der Waals surface area contributed by atoms with Crippen LogP contribution in [0.1, 0.15) is 37.6 Å². The summed E-state index contributed by atoms with van der Waals surface area (Å²) in [5, 5.41) is 19.7. The molecule has 3 amide bonds. The first-order valence-corrected chi connectivity index (χ1v) is 9.13. The maximum atomic E-state index is 12.5. The van der Waals surface area contributed by atoms with Crippen LogP contribution in [0.5, 0.6) is 5.75 Å². The summed E-state index contributed by atoms with van der Waals surface area (Å²) in [6, 6.07) is 8.04. The van der Waals surface area contributed by atoms with Crippen LogP contribution in [0.4, 0.5) is 4.79 Å². The molecule has 28 heavy (non-hydrogen) atoms. The average molecular weight is 382 g/mol. The third-order valence-electron chi connectivity index (χ3n) is 4.36. The molecule has 1 aliphatic heterocycles. The molecule has 3 rings (SSSR count). The minimum atomic E-state index is -0.627. The largest absolute Gasteiger partial charge is 0.493 e. The van der Waals surface area contributed by atoms with E-state index in [2.05, 4.69) is 15.6 Å². The molecular formula is C19H22N6O3. The lowest BCUT2D eigenvalue weighted by Gasteiger charge is -2.13. The van der Waals surface area contributed by atoms with E-state index in [4.69, 9.17) is 10.00 Å². The summed E-state index contributed by atoms with van der Waals surface area (Å²) >= 11 is 0. The summed E-state index contributed by atoms with van der Waals surface area (Å²) in [4.78, 5) is 25.8. The number of rotatable bonds is 8. The molecule has 1 aromatic heterocycles. The molecule has 1 N–H and O–H groups in total. The molecule has 146 valence electrons. The van der Waals surface area contributed by atoms with Gasteiger partial charge in [-0.25, -0.2) is 9.48 Å². The molecule has 1 aliphatic rings. The van der Waals surface area contributed by atoms with Crippen LogP contribution >= 0.6 is 0 Å². The van der Waals surface area contributed by atoms with Crippen LogP contribution < -0.4 is 10.1 Å². The minimum Gasteiger partial charge on any atom is -0.493 e. The highest BCUT2D eigenvalue weighted by Crippen LogP contribution is 2.15. The number of nitriles is 1. The molecule has 0 spiro atoms. The van der Waals surface area contributed by atoms with Crippen molar-refractivity contribution in [2.45, 2.75) is 38.8 Å². The van der Waals surface area contributed by atoms with Gasteiger partial charge in [-0.2, -0.15) is 5.26 Å². The lowest BCUT2D eigenvalue weighted by Crippen LogP contribution is -2.33. The van der Waals surface area contributed by atoms with Crippen LogP contribution in [0.3, 0.4) is 0 Å². The molecule has 2 aromatic rings. The van der Waals surface area contributed by atoms with Crippen LogP contribution in [-0.2, 0) is 11.2 Å². The third kappa shape index (κ3) is 4.46. The Hall–Kier alpha value is -3.41. The quantitative estimate of drug-likeness (QED) is 0.549. The van der Waals surface area contributed by atoms with E-state index in [0.717, 1.165) is 0 Å². The summed E-state index contributed by atoms with van der Waals surface area (Å²) in [7, 11) is 0. The van der Waals surface area contributed by atoms with Gasteiger partial charge in [0.05, 0.1) is 23.9 Å². The molecule has 9 nitrogen and oxygen atoms in total. The molecule has 1 aromatic carbocycles. The lowest BCUT2D eigenvalue weighted by molar-refractivity contribution is -0.127. The summed E-state index contributed by atoms with van der Waals surface area (Å²) in [5.41, 5.74) is 1.18. The predicted molar refractivity (Wildman–Crippen MR) is 99.4 cm³/mol. The second kappa shape index (κ2) is 8.52. The van der Waals surface area contributed by atoms with Crippen molar-refractivity contribution in [3.8, 4) is 11.8 Å². The smallest absolute Gasteiger partial charge is 0.324 e. The Kier molecular flexibility index (Phi) is 5.89. The van der Waals surface area contributed by atoms with Crippen LogP contribution in [-0.4, -0.2) is 51.0 Å². The van der Waals surface area contributed by atoms with Gasteiger partial charge < -0.3 is 10.1 Å². The fourth-order valence-corrected chi connectivity index (χ4v) is 2.86. The number of urea groups is 1. The van der Waals surface area contributed by atoms with Crippen LogP contribution in [0.2, 0.25) is 0 Å². The van der Waals surface area contributed by atoms with Crippen molar-refractivity contribution in [1.29, 1.82) is 5.26 Å². The van der Waals surface area contributed by atoms with E-state index in [1.165, 1.54) is 4.90 Å². The lowest BCUT2D eigenvalue weighted by atomic mass is 10.1. The molecule has 0 unspecified atom stereocenters. The van der Waals surface area contributed by atoms with Crippen LogP contribution in [0, 0.1) is 11.3 Å². The van der Waals surface area contributed by atoms with Gasteiger partial charge in [0.15, 0.2) is 0 Å². The number of nitrogens with one attached hydrogen (secondary N) is 1. The van der Waals surface area contributed by atoms with Gasteiger partial charge in [-0.15, -0.1) is 5.10 Å². The summed E-state index contributed by atoms with van der Waals surface area (Å²) in [6.07, 6.45) is 2.59. The second-order valence-corrected chi connectivity index (χ2v) is 6.82. The molecular weight excluding hydrogens is 360 g/mol. The van der Waals surface area contributed by atoms with Gasteiger partial charge in [0.2, 0.25) is 0 Å². The van der Waals surface area contributed by atoms with E-state index in [9.17, 15) is 9.59 Å². The van der Waals surface area contributed by atoms with E-state index >= 15 is 0 Å². The molecule has 0 radical (unpaired) electrons. The number of aromatic nitrogens is 3. The fourth-order valence-electron chi connectivity index (χ4n) is 2.86. The van der Waals surface area contributed by atoms with E-state index in [0.29, 0.717) is 36.5 Å². The highest BCUT2D eigenvalue weighted by Gasteiger charge is 2.37. The van der Waals surface area contributed by atoms with Crippen molar-refractivity contribution in [2.24, 2.45) is 0 Å². The number of hydrogen-bond acceptors (Lipinski definition) is 6. The van der Waals surface area contributed by atoms with Crippen molar-refractivity contribution in [3.05, 3.63) is 41.7 Å². The van der Waals surface area contributed by atoms with Crippen molar-refractivity contribution in [1.82, 2.24) is 25.2 Å². The third-order valence-corrected chi connectivity index (χ3v) is 4.36. The zero-order valence-corrected chi connectivity index (χ0v) is 15.8. The molecule has 2 heterocycles. The highest BCUT2D eigenvalue weighted by molar-refractivity contribution is 6.04. The molecule has 1 saturated heterocycles. The number of benzene rings is 1. The zero-order chi connectivity index (χ0) is 20.1. The maximum Gasteiger partial charge on any atom is 0.324 e. The van der Waals surface area contributed by atoms with Gasteiger partial charge in [0.25, 0.3) is 5.91 Å². The van der Waals surface area contributed by atoms with Crippen molar-refractivity contribution in [2.75, 3.05) is 13.2 Å². The van der Waals surface area contributed by atoms with E-state index in [-0.39, 0.29) is 18.5 Å². The number of carbonyl (C=O) groups excluding carboxylic acids is 2. The standard InChI is InChI=1S/C19H22N6O3/c1-13(2)25-12-15(22-23-25)10-17-18(26)24(19(27)21-17)7-4-8-28-16-6-3-5-14(9-16)11-20/h3,5-6,9,12-13,17H,4,7-8,10H2,1-2H3,(H,21,27)/t17-/m1/s1. The number of amides is 3. The summed E-state index contributed by atoms with van der Waals surface area (Å²) < 4.78 is 7.30. The number of imide groups is 1. The van der Waals surface area contributed by atoms with Crippen molar-refractivity contribution >= 4 is 11.9 Å². The molecule has 0 saturated carbocycles. The van der Waals surface area contributed by atoms with E-state index < -0.39 is 12.1 Å². The SMILES string of the molecule is CC(C)n1cc(C[C@H]2NC(=O)N(CCCOc3cccc(C#N)c3)C2=O)nn1. The summed E-state index contributed by atoms with van der Waals surface area (Å²) in [5.74, 6) is 0.318. The Morgan fingerprint density at radius 1 is 1.36 bits per heavy atom. The van der Waals surface area contributed by atoms with Gasteiger partial charge in [-0.3, -0.25) is 9.69 Å². The minimum absolute atomic E-state index is 0.181. The van der Waals surface area contributed by atoms with E-state index in [1.54, 1.807) is 35.1 Å². The number of hydrogen-bond donors (Lipinski definition) is 1. The number of carbonyl (C=O) groups is 2. The Balaban J connectivity index is 1.48. The van der Waals surface area contributed by atoms with Gasteiger partial charge >= 0.3 is 6.03 Å². The Labute approximate surface area is 162 Å². The second-order valence-electron chi connectivity index (χ2n) is 6.82. The predicted octanol–water partition coefficient (Wildman–Crippen LogP) is 1.66. The Morgan fingerprint density at radius 2 is 2.18 bits per heavy atom. The van der Waals surface area contributed by atoms with Crippen LogP contribution in [0.25, 0.3) is 0 Å². The van der Waals surface area contributed by atoms with Crippen molar-refractivity contribution < 1.29 is 14.3 Å². The van der Waals surface area contributed by atoms with Crippen molar-refractivity contribution in [3.63, 3.8) is 0 Å². The van der Waals surface area contributed by atoms with Gasteiger partial charge in [-0.05, 0) is 38.5 Å². The number of ether oxygens (including phenoxy) is 1. The molecule has 1 atom stereocenters. The van der Waals surface area contributed by atoms with Gasteiger partial charge in [0.1, 0.15) is 11.8 Å². The summed E-state index contributed by atoms with van der Waals surface area (Å²) in [6.45, 7) is 4.57. The van der Waals surface area contributed by atoms with E-state index in [1.807, 2.05) is 19.9 Å². The first kappa shape index (κ1) is 19.4. The molecule has 9 heteroatoms. The first-order chi connectivity index (χ1) is 13.5. The van der Waals surface area contributed by atoms with Crippen LogP contribution in [0.15, 0.2) is 30.5 Å². The maximum absolute atomic E-state index is 12.5. The van der Waals surface area contributed by atoms with Gasteiger partial charge in [0, 0.05) is 25.2 Å². The highest BCUT2D eigenvalue weighted by atomic mass is 16.5. The van der Waals surface area contributed by atoms with Gasteiger partial charge in [-0.1, -0.05) is 11.3 Å². The molecule has 1 fully saturated rings. The normalized spacial score (nSPS) is 16.4. The number of nitrogens with zero attached hydrogens (tertiary/aromatic N) is 5. The molecule has 0 bridgehead atoms.